The number of nitrogens with two attached hydrogens (primary N) is 1. The number of rotatable bonds is 4. The first-order valence-electron chi connectivity index (χ1n) is 7.04. The molecule has 0 amide bonds. The monoisotopic (exact) mass is 331 g/mol. The van der Waals surface area contributed by atoms with E-state index < -0.39 is 10.0 Å². The SMILES string of the molecule is CC1CC(NS(=O)(=O)c2ccc(CN)c(Cl)c2)CCN1C. The Kier molecular flexibility index (Phi) is 5.27. The van der Waals surface area contributed by atoms with Gasteiger partial charge in [0.1, 0.15) is 0 Å². The summed E-state index contributed by atoms with van der Waals surface area (Å²) in [4.78, 5) is 2.42. The molecule has 0 aliphatic carbocycles. The van der Waals surface area contributed by atoms with Crippen LogP contribution in [-0.4, -0.2) is 39.0 Å². The van der Waals surface area contributed by atoms with Crippen LogP contribution in [0, 0.1) is 0 Å². The summed E-state index contributed by atoms with van der Waals surface area (Å²) < 4.78 is 27.6. The quantitative estimate of drug-likeness (QED) is 0.878. The molecule has 0 radical (unpaired) electrons. The van der Waals surface area contributed by atoms with Gasteiger partial charge in [0.05, 0.1) is 4.90 Å². The molecule has 1 aliphatic heterocycles. The molecule has 0 bridgehead atoms. The van der Waals surface area contributed by atoms with Gasteiger partial charge >= 0.3 is 0 Å². The van der Waals surface area contributed by atoms with Crippen molar-refractivity contribution in [3.8, 4) is 0 Å². The van der Waals surface area contributed by atoms with Gasteiger partial charge in [-0.25, -0.2) is 13.1 Å². The standard InChI is InChI=1S/C14H22ClN3O2S/c1-10-7-12(5-6-18(10)2)17-21(19,20)13-4-3-11(9-16)14(15)8-13/h3-4,8,10,12,17H,5-7,9,16H2,1-2H3. The van der Waals surface area contributed by atoms with E-state index in [1.54, 1.807) is 12.1 Å². The Balaban J connectivity index is 2.13. The van der Waals surface area contributed by atoms with E-state index >= 15 is 0 Å². The van der Waals surface area contributed by atoms with Crippen LogP contribution in [0.2, 0.25) is 5.02 Å². The number of piperidine rings is 1. The lowest BCUT2D eigenvalue weighted by Crippen LogP contribution is -2.47. The third-order valence-corrected chi connectivity index (χ3v) is 5.95. The van der Waals surface area contributed by atoms with Crippen LogP contribution in [0.25, 0.3) is 0 Å². The van der Waals surface area contributed by atoms with Crippen LogP contribution in [-0.2, 0) is 16.6 Å². The second kappa shape index (κ2) is 6.62. The van der Waals surface area contributed by atoms with E-state index in [0.717, 1.165) is 24.9 Å². The smallest absolute Gasteiger partial charge is 0.240 e. The predicted molar refractivity (Wildman–Crippen MR) is 84.8 cm³/mol. The highest BCUT2D eigenvalue weighted by Crippen LogP contribution is 2.22. The molecule has 1 aromatic carbocycles. The van der Waals surface area contributed by atoms with Gasteiger partial charge in [0, 0.05) is 23.7 Å². The van der Waals surface area contributed by atoms with E-state index in [4.69, 9.17) is 17.3 Å². The average Bonchev–Trinajstić information content (AvgIpc) is 2.42. The molecular weight excluding hydrogens is 310 g/mol. The van der Waals surface area contributed by atoms with Crippen molar-refractivity contribution in [2.75, 3.05) is 13.6 Å². The third-order valence-electron chi connectivity index (χ3n) is 4.08. The van der Waals surface area contributed by atoms with Gasteiger partial charge in [-0.05, 0) is 51.1 Å². The van der Waals surface area contributed by atoms with Gasteiger partial charge in [-0.2, -0.15) is 0 Å². The molecule has 1 saturated heterocycles. The molecule has 2 atom stereocenters. The van der Waals surface area contributed by atoms with Crippen molar-refractivity contribution in [1.82, 2.24) is 9.62 Å². The molecule has 5 nitrogen and oxygen atoms in total. The molecule has 2 rings (SSSR count). The first kappa shape index (κ1) is 16.7. The molecule has 1 aliphatic rings. The van der Waals surface area contributed by atoms with Gasteiger partial charge in [0.2, 0.25) is 10.0 Å². The van der Waals surface area contributed by atoms with E-state index in [-0.39, 0.29) is 10.9 Å². The lowest BCUT2D eigenvalue weighted by atomic mass is 10.0. The normalized spacial score (nSPS) is 24.2. The number of likely N-dealkylation sites (tertiary alicyclic amines) is 1. The number of hydrogen-bond donors (Lipinski definition) is 2. The van der Waals surface area contributed by atoms with Crippen molar-refractivity contribution in [3.63, 3.8) is 0 Å². The lowest BCUT2D eigenvalue weighted by Gasteiger charge is -2.35. The number of hydrogen-bond acceptors (Lipinski definition) is 4. The molecular formula is C14H22ClN3O2S. The fraction of sp³-hybridized carbons (Fsp3) is 0.571. The summed E-state index contributed by atoms with van der Waals surface area (Å²) in [5.74, 6) is 0. The summed E-state index contributed by atoms with van der Waals surface area (Å²) in [6, 6.07) is 5.01. The summed E-state index contributed by atoms with van der Waals surface area (Å²) in [7, 11) is -1.49. The van der Waals surface area contributed by atoms with Crippen molar-refractivity contribution in [2.45, 2.75) is 43.3 Å². The molecule has 0 aromatic heterocycles. The van der Waals surface area contributed by atoms with Crippen molar-refractivity contribution < 1.29 is 8.42 Å². The minimum Gasteiger partial charge on any atom is -0.326 e. The fourth-order valence-corrected chi connectivity index (χ4v) is 4.18. The first-order chi connectivity index (χ1) is 9.83. The maximum Gasteiger partial charge on any atom is 0.240 e. The Morgan fingerprint density at radius 2 is 2.19 bits per heavy atom. The number of sulfonamides is 1. The van der Waals surface area contributed by atoms with Crippen LogP contribution < -0.4 is 10.5 Å². The minimum atomic E-state index is -3.54. The summed E-state index contributed by atoms with van der Waals surface area (Å²) in [6.07, 6.45) is 1.62. The highest BCUT2D eigenvalue weighted by atomic mass is 35.5. The Hall–Kier alpha value is -0.660. The molecule has 118 valence electrons. The zero-order valence-corrected chi connectivity index (χ0v) is 13.9. The Labute approximate surface area is 131 Å². The summed E-state index contributed by atoms with van der Waals surface area (Å²) in [5.41, 5.74) is 6.27. The van der Waals surface area contributed by atoms with E-state index in [1.807, 2.05) is 0 Å². The topological polar surface area (TPSA) is 75.4 Å². The third kappa shape index (κ3) is 3.96. The molecule has 3 N–H and O–H groups in total. The number of nitrogens with one attached hydrogen (secondary N) is 1. The largest absolute Gasteiger partial charge is 0.326 e. The minimum absolute atomic E-state index is 0.0332. The molecule has 0 spiro atoms. The zero-order valence-electron chi connectivity index (χ0n) is 12.3. The van der Waals surface area contributed by atoms with Crippen LogP contribution in [0.1, 0.15) is 25.3 Å². The van der Waals surface area contributed by atoms with Gasteiger partial charge in [-0.1, -0.05) is 17.7 Å². The van der Waals surface area contributed by atoms with Gasteiger partial charge in [-0.3, -0.25) is 0 Å². The summed E-state index contributed by atoms with van der Waals surface area (Å²) in [5, 5.41) is 0.386. The van der Waals surface area contributed by atoms with E-state index in [1.165, 1.54) is 6.07 Å². The number of benzene rings is 1. The van der Waals surface area contributed by atoms with Crippen molar-refractivity contribution in [1.29, 1.82) is 0 Å². The molecule has 0 saturated carbocycles. The van der Waals surface area contributed by atoms with Crippen molar-refractivity contribution >= 4 is 21.6 Å². The summed E-state index contributed by atoms with van der Waals surface area (Å²) in [6.45, 7) is 3.29. The molecule has 7 heteroatoms. The average molecular weight is 332 g/mol. The fourth-order valence-electron chi connectivity index (χ4n) is 2.54. The second-order valence-electron chi connectivity index (χ2n) is 5.63. The van der Waals surface area contributed by atoms with Crippen LogP contribution >= 0.6 is 11.6 Å². The van der Waals surface area contributed by atoms with Crippen LogP contribution in [0.15, 0.2) is 23.1 Å². The maximum atomic E-state index is 12.4. The maximum absolute atomic E-state index is 12.4. The van der Waals surface area contributed by atoms with Gasteiger partial charge in [0.25, 0.3) is 0 Å². The van der Waals surface area contributed by atoms with E-state index in [0.29, 0.717) is 17.6 Å². The highest BCUT2D eigenvalue weighted by molar-refractivity contribution is 7.89. The Morgan fingerprint density at radius 1 is 1.48 bits per heavy atom. The first-order valence-corrected chi connectivity index (χ1v) is 8.90. The predicted octanol–water partition coefficient (Wildman–Crippen LogP) is 1.56. The Morgan fingerprint density at radius 3 is 2.76 bits per heavy atom. The molecule has 2 unspecified atom stereocenters. The van der Waals surface area contributed by atoms with Crippen LogP contribution in [0.4, 0.5) is 0 Å². The zero-order chi connectivity index (χ0) is 15.6. The molecule has 1 heterocycles. The number of halogens is 1. The molecule has 1 fully saturated rings. The Bertz CT molecular complexity index is 606. The van der Waals surface area contributed by atoms with Crippen LogP contribution in [0.5, 0.6) is 0 Å². The molecule has 1 aromatic rings. The second-order valence-corrected chi connectivity index (χ2v) is 7.75. The van der Waals surface area contributed by atoms with Crippen LogP contribution in [0.3, 0.4) is 0 Å². The highest BCUT2D eigenvalue weighted by Gasteiger charge is 2.27. The summed E-state index contributed by atoms with van der Waals surface area (Å²) >= 11 is 6.04. The van der Waals surface area contributed by atoms with Gasteiger partial charge in [-0.15, -0.1) is 0 Å². The van der Waals surface area contributed by atoms with E-state index in [2.05, 4.69) is 23.6 Å². The van der Waals surface area contributed by atoms with Crippen molar-refractivity contribution in [2.24, 2.45) is 5.73 Å². The van der Waals surface area contributed by atoms with Crippen molar-refractivity contribution in [3.05, 3.63) is 28.8 Å². The number of nitrogens with zero attached hydrogens (tertiary/aromatic N) is 1. The molecule has 21 heavy (non-hydrogen) atoms. The van der Waals surface area contributed by atoms with Gasteiger partial charge in [0.15, 0.2) is 0 Å². The van der Waals surface area contributed by atoms with E-state index in [9.17, 15) is 8.42 Å². The lowest BCUT2D eigenvalue weighted by molar-refractivity contribution is 0.178. The van der Waals surface area contributed by atoms with Gasteiger partial charge < -0.3 is 10.6 Å².